The number of rotatable bonds is 3. The number of fused-ring (bicyclic) bond motifs is 2. The molecule has 1 N–H and O–H groups in total. The SMILES string of the molecule is C=CCO[C@@H]1CCN2C(=O)c3cc(Br)ccc3NC(=O)[C@H]12. The van der Waals surface area contributed by atoms with Gasteiger partial charge >= 0.3 is 0 Å². The van der Waals surface area contributed by atoms with Crippen molar-refractivity contribution in [2.75, 3.05) is 18.5 Å². The van der Waals surface area contributed by atoms with E-state index in [4.69, 9.17) is 4.74 Å². The first-order chi connectivity index (χ1) is 10.1. The maximum absolute atomic E-state index is 12.7. The van der Waals surface area contributed by atoms with Crippen molar-refractivity contribution in [3.05, 3.63) is 40.9 Å². The van der Waals surface area contributed by atoms with E-state index in [1.54, 1.807) is 29.2 Å². The van der Waals surface area contributed by atoms with Crippen molar-refractivity contribution in [3.63, 3.8) is 0 Å². The van der Waals surface area contributed by atoms with Crippen LogP contribution in [0.1, 0.15) is 16.8 Å². The number of carbonyl (C=O) groups excluding carboxylic acids is 2. The van der Waals surface area contributed by atoms with Crippen LogP contribution in [0.5, 0.6) is 0 Å². The summed E-state index contributed by atoms with van der Waals surface area (Å²) in [5, 5.41) is 2.83. The second-order valence-electron chi connectivity index (χ2n) is 5.07. The third kappa shape index (κ3) is 2.49. The lowest BCUT2D eigenvalue weighted by atomic mass is 10.1. The third-order valence-electron chi connectivity index (χ3n) is 3.77. The van der Waals surface area contributed by atoms with Crippen LogP contribution in [0.4, 0.5) is 5.69 Å². The molecule has 0 aliphatic carbocycles. The molecule has 3 rings (SSSR count). The molecule has 5 nitrogen and oxygen atoms in total. The number of carbonyl (C=O) groups is 2. The molecule has 2 heterocycles. The average molecular weight is 351 g/mol. The summed E-state index contributed by atoms with van der Waals surface area (Å²) in [5.74, 6) is -0.338. The Kier molecular flexibility index (Phi) is 3.82. The van der Waals surface area contributed by atoms with Crippen LogP contribution >= 0.6 is 15.9 Å². The normalized spacial score (nSPS) is 24.1. The number of hydrogen-bond donors (Lipinski definition) is 1. The lowest BCUT2D eigenvalue weighted by molar-refractivity contribution is -0.122. The van der Waals surface area contributed by atoms with Crippen LogP contribution in [0, 0.1) is 0 Å². The molecule has 1 saturated heterocycles. The van der Waals surface area contributed by atoms with E-state index in [0.29, 0.717) is 30.8 Å². The van der Waals surface area contributed by atoms with Crippen molar-refractivity contribution < 1.29 is 14.3 Å². The molecule has 1 aromatic rings. The molecule has 0 saturated carbocycles. The van der Waals surface area contributed by atoms with Crippen LogP contribution in [0.3, 0.4) is 0 Å². The van der Waals surface area contributed by atoms with Crippen LogP contribution in [0.25, 0.3) is 0 Å². The molecule has 1 fully saturated rings. The molecule has 21 heavy (non-hydrogen) atoms. The summed E-state index contributed by atoms with van der Waals surface area (Å²) in [4.78, 5) is 26.7. The van der Waals surface area contributed by atoms with Gasteiger partial charge in [0.05, 0.1) is 24.0 Å². The van der Waals surface area contributed by atoms with Crippen molar-refractivity contribution >= 4 is 33.4 Å². The van der Waals surface area contributed by atoms with Crippen LogP contribution in [-0.4, -0.2) is 42.0 Å². The van der Waals surface area contributed by atoms with Crippen molar-refractivity contribution in [1.82, 2.24) is 4.90 Å². The summed E-state index contributed by atoms with van der Waals surface area (Å²) >= 11 is 3.36. The van der Waals surface area contributed by atoms with Crippen LogP contribution in [0.2, 0.25) is 0 Å². The molecular weight excluding hydrogens is 336 g/mol. The van der Waals surface area contributed by atoms with Gasteiger partial charge in [0.2, 0.25) is 5.91 Å². The Hall–Kier alpha value is -1.66. The Labute approximate surface area is 131 Å². The van der Waals surface area contributed by atoms with E-state index in [1.807, 2.05) is 0 Å². The molecule has 6 heteroatoms. The van der Waals surface area contributed by atoms with Gasteiger partial charge in [0.15, 0.2) is 0 Å². The minimum atomic E-state index is -0.580. The average Bonchev–Trinajstić information content (AvgIpc) is 2.86. The lowest BCUT2D eigenvalue weighted by Gasteiger charge is -2.24. The molecule has 0 bridgehead atoms. The third-order valence-corrected chi connectivity index (χ3v) is 4.26. The second kappa shape index (κ2) is 5.61. The number of hydrogen-bond acceptors (Lipinski definition) is 3. The molecule has 2 aliphatic rings. The van der Waals surface area contributed by atoms with Crippen LogP contribution in [-0.2, 0) is 9.53 Å². The van der Waals surface area contributed by atoms with Crippen LogP contribution < -0.4 is 5.32 Å². The maximum Gasteiger partial charge on any atom is 0.256 e. The smallest absolute Gasteiger partial charge is 0.256 e. The van der Waals surface area contributed by atoms with Crippen molar-refractivity contribution in [1.29, 1.82) is 0 Å². The summed E-state index contributed by atoms with van der Waals surface area (Å²) in [7, 11) is 0. The zero-order valence-electron chi connectivity index (χ0n) is 11.3. The Morgan fingerprint density at radius 3 is 3.05 bits per heavy atom. The Morgan fingerprint density at radius 1 is 1.48 bits per heavy atom. The first-order valence-corrected chi connectivity index (χ1v) is 7.55. The summed E-state index contributed by atoms with van der Waals surface area (Å²) in [6.07, 6.45) is 2.01. The zero-order chi connectivity index (χ0) is 15.0. The predicted molar refractivity (Wildman–Crippen MR) is 82.2 cm³/mol. The van der Waals surface area contributed by atoms with Crippen molar-refractivity contribution in [3.8, 4) is 0 Å². The van der Waals surface area contributed by atoms with E-state index in [1.165, 1.54) is 0 Å². The minimum Gasteiger partial charge on any atom is -0.371 e. The Morgan fingerprint density at radius 2 is 2.29 bits per heavy atom. The molecule has 1 aromatic carbocycles. The number of ether oxygens (including phenoxy) is 1. The van der Waals surface area contributed by atoms with Crippen LogP contribution in [0.15, 0.2) is 35.3 Å². The lowest BCUT2D eigenvalue weighted by Crippen LogP contribution is -2.46. The topological polar surface area (TPSA) is 58.6 Å². The fourth-order valence-electron chi connectivity index (χ4n) is 2.83. The molecule has 2 amide bonds. The number of benzene rings is 1. The van der Waals surface area contributed by atoms with Gasteiger partial charge in [-0.15, -0.1) is 6.58 Å². The minimum absolute atomic E-state index is 0.139. The highest BCUT2D eigenvalue weighted by molar-refractivity contribution is 9.10. The highest BCUT2D eigenvalue weighted by Crippen LogP contribution is 2.31. The van der Waals surface area contributed by atoms with Gasteiger partial charge in [0, 0.05) is 11.0 Å². The molecule has 0 aromatic heterocycles. The number of nitrogens with zero attached hydrogens (tertiary/aromatic N) is 1. The molecule has 110 valence electrons. The number of amides is 2. The van der Waals surface area contributed by atoms with E-state index in [-0.39, 0.29) is 17.9 Å². The highest BCUT2D eigenvalue weighted by atomic mass is 79.9. The van der Waals surface area contributed by atoms with E-state index < -0.39 is 6.04 Å². The number of nitrogens with one attached hydrogen (secondary N) is 1. The van der Waals surface area contributed by atoms with E-state index in [2.05, 4.69) is 27.8 Å². The number of halogens is 1. The van der Waals surface area contributed by atoms with Gasteiger partial charge in [0.1, 0.15) is 6.04 Å². The van der Waals surface area contributed by atoms with E-state index >= 15 is 0 Å². The summed E-state index contributed by atoms with van der Waals surface area (Å²) < 4.78 is 6.44. The monoisotopic (exact) mass is 350 g/mol. The van der Waals surface area contributed by atoms with Gasteiger partial charge in [-0.2, -0.15) is 0 Å². The van der Waals surface area contributed by atoms with Gasteiger partial charge in [-0.05, 0) is 24.6 Å². The fraction of sp³-hybridized carbons (Fsp3) is 0.333. The summed E-state index contributed by atoms with van der Waals surface area (Å²) in [6.45, 7) is 4.50. The van der Waals surface area contributed by atoms with Gasteiger partial charge in [0.25, 0.3) is 5.91 Å². The van der Waals surface area contributed by atoms with Gasteiger partial charge in [-0.1, -0.05) is 22.0 Å². The van der Waals surface area contributed by atoms with Crippen molar-refractivity contribution in [2.24, 2.45) is 0 Å². The van der Waals surface area contributed by atoms with Crippen molar-refractivity contribution in [2.45, 2.75) is 18.6 Å². The molecule has 2 atom stereocenters. The van der Waals surface area contributed by atoms with E-state index in [0.717, 1.165) is 4.47 Å². The van der Waals surface area contributed by atoms with Gasteiger partial charge in [-0.25, -0.2) is 0 Å². The molecule has 2 aliphatic heterocycles. The second-order valence-corrected chi connectivity index (χ2v) is 5.99. The Bertz CT molecular complexity index is 617. The van der Waals surface area contributed by atoms with Gasteiger partial charge < -0.3 is 15.0 Å². The predicted octanol–water partition coefficient (Wildman–Crippen LogP) is 2.19. The Balaban J connectivity index is 1.95. The molecule has 0 spiro atoms. The standard InChI is InChI=1S/C15H15BrN2O3/c1-2-7-21-12-5-6-18-13(12)14(19)17-11-4-3-9(16)8-10(11)15(18)20/h2-4,8,12-13H,1,5-7H2,(H,17,19)/t12-,13+/m1/s1. The summed E-state index contributed by atoms with van der Waals surface area (Å²) in [5.41, 5.74) is 1.05. The first kappa shape index (κ1) is 14.3. The number of anilines is 1. The van der Waals surface area contributed by atoms with Gasteiger partial charge in [-0.3, -0.25) is 9.59 Å². The molecule has 0 unspecified atom stereocenters. The summed E-state index contributed by atoms with van der Waals surface area (Å²) in [6, 6.07) is 4.69. The zero-order valence-corrected chi connectivity index (χ0v) is 12.9. The quantitative estimate of drug-likeness (QED) is 0.850. The fourth-order valence-corrected chi connectivity index (χ4v) is 3.19. The first-order valence-electron chi connectivity index (χ1n) is 6.75. The maximum atomic E-state index is 12.7. The molecular formula is C15H15BrN2O3. The van der Waals surface area contributed by atoms with E-state index in [9.17, 15) is 9.59 Å². The largest absolute Gasteiger partial charge is 0.371 e. The highest BCUT2D eigenvalue weighted by Gasteiger charge is 2.45. The molecule has 0 radical (unpaired) electrons.